The summed E-state index contributed by atoms with van der Waals surface area (Å²) in [5.74, 6) is -0.455. The minimum Gasteiger partial charge on any atom is -0.507 e. The number of phenols is 1. The van der Waals surface area contributed by atoms with E-state index in [1.54, 1.807) is 10.9 Å². The highest BCUT2D eigenvalue weighted by molar-refractivity contribution is 7.07. The molecule has 1 aliphatic heterocycles. The highest BCUT2D eigenvalue weighted by Gasteiger charge is 2.44. The van der Waals surface area contributed by atoms with E-state index in [4.69, 9.17) is 9.47 Å². The fourth-order valence-electron chi connectivity index (χ4n) is 3.10. The second kappa shape index (κ2) is 9.16. The molecule has 0 radical (unpaired) electrons. The largest absolute Gasteiger partial charge is 0.507 e. The van der Waals surface area contributed by atoms with E-state index >= 15 is 0 Å². The zero-order chi connectivity index (χ0) is 21.1. The van der Waals surface area contributed by atoms with Crippen LogP contribution in [-0.2, 0) is 17.6 Å². The van der Waals surface area contributed by atoms with Gasteiger partial charge in [0, 0.05) is 11.4 Å². The van der Waals surface area contributed by atoms with Crippen LogP contribution in [0.2, 0.25) is 0 Å². The Morgan fingerprint density at radius 1 is 1.24 bits per heavy atom. The Hall–Kier alpha value is -2.08. The Morgan fingerprint density at radius 2 is 2.00 bits per heavy atom. The van der Waals surface area contributed by atoms with E-state index < -0.39 is 37.3 Å². The number of aliphatic hydroxyl groups excluding tert-OH is 4. The summed E-state index contributed by atoms with van der Waals surface area (Å²) < 4.78 is 11.0. The molecule has 9 nitrogen and oxygen atoms in total. The Morgan fingerprint density at radius 3 is 2.62 bits per heavy atom. The van der Waals surface area contributed by atoms with Crippen molar-refractivity contribution in [2.75, 3.05) is 6.61 Å². The van der Waals surface area contributed by atoms with Crippen molar-refractivity contribution < 1.29 is 39.8 Å². The summed E-state index contributed by atoms with van der Waals surface area (Å²) in [7, 11) is 0. The Labute approximate surface area is 170 Å². The van der Waals surface area contributed by atoms with Crippen molar-refractivity contribution in [3.63, 3.8) is 0 Å². The number of ether oxygens (including phenoxy) is 2. The topological polar surface area (TPSA) is 150 Å². The summed E-state index contributed by atoms with van der Waals surface area (Å²) >= 11 is 1.37. The third-order valence-corrected chi connectivity index (χ3v) is 5.41. The van der Waals surface area contributed by atoms with Gasteiger partial charge in [0.1, 0.15) is 35.9 Å². The molecule has 0 spiro atoms. The van der Waals surface area contributed by atoms with E-state index in [2.05, 4.69) is 4.98 Å². The number of hydrogen-bond donors (Lipinski definition) is 5. The first kappa shape index (κ1) is 21.6. The second-order valence-corrected chi connectivity index (χ2v) is 7.44. The number of benzene rings is 1. The summed E-state index contributed by atoms with van der Waals surface area (Å²) in [6.07, 6.45) is -6.66. The van der Waals surface area contributed by atoms with Crippen LogP contribution in [0.15, 0.2) is 23.0 Å². The molecule has 1 fully saturated rings. The quantitative estimate of drug-likeness (QED) is 0.387. The monoisotopic (exact) mass is 425 g/mol. The van der Waals surface area contributed by atoms with Crippen molar-refractivity contribution in [2.45, 2.75) is 50.5 Å². The fraction of sp³-hybridized carbons (Fsp3) is 0.474. The number of ketones is 1. The molecule has 1 aliphatic rings. The van der Waals surface area contributed by atoms with Gasteiger partial charge in [0.05, 0.1) is 29.8 Å². The standard InChI is InChI=1S/C19H23NO8S/c1-2-9-3-11(12(22)4-10-7-29-8-20-10)13(23)5-14(9)27-19-18(26)17(25)16(24)15(6-21)28-19/h3,5,7-8,15-19,21,23-26H,2,4,6H2,1H3/t15-,16-,17+,18-,19+/m1/s1. The van der Waals surface area contributed by atoms with Gasteiger partial charge in [0.15, 0.2) is 5.78 Å². The van der Waals surface area contributed by atoms with Crippen LogP contribution in [0.5, 0.6) is 11.5 Å². The zero-order valence-corrected chi connectivity index (χ0v) is 16.5. The lowest BCUT2D eigenvalue weighted by molar-refractivity contribution is -0.277. The average Bonchev–Trinajstić information content (AvgIpc) is 3.21. The first-order valence-corrected chi connectivity index (χ1v) is 10.0. The number of hydrogen-bond acceptors (Lipinski definition) is 10. The van der Waals surface area contributed by atoms with Crippen molar-refractivity contribution in [3.8, 4) is 11.5 Å². The number of carbonyl (C=O) groups excluding carboxylic acids is 1. The molecule has 0 aliphatic carbocycles. The molecule has 0 saturated carbocycles. The molecule has 1 saturated heterocycles. The molecular formula is C19H23NO8S. The van der Waals surface area contributed by atoms with Crippen LogP contribution >= 0.6 is 11.3 Å². The third kappa shape index (κ3) is 4.58. The molecule has 158 valence electrons. The first-order chi connectivity index (χ1) is 13.8. The number of rotatable bonds is 7. The molecule has 1 aromatic heterocycles. The molecule has 2 heterocycles. The number of Topliss-reactive ketones (excluding diaryl/α,β-unsaturated/α-hetero) is 1. The highest BCUT2D eigenvalue weighted by Crippen LogP contribution is 2.32. The zero-order valence-electron chi connectivity index (χ0n) is 15.6. The summed E-state index contributed by atoms with van der Waals surface area (Å²) in [5, 5.41) is 51.3. The highest BCUT2D eigenvalue weighted by atomic mass is 32.1. The predicted molar refractivity (Wildman–Crippen MR) is 102 cm³/mol. The summed E-state index contributed by atoms with van der Waals surface area (Å²) in [6.45, 7) is 1.24. The molecule has 2 aromatic rings. The number of phenolic OH excluding ortho intramolecular Hbond substituents is 1. The number of aromatic nitrogens is 1. The fourth-order valence-corrected chi connectivity index (χ4v) is 3.66. The second-order valence-electron chi connectivity index (χ2n) is 6.73. The minimum atomic E-state index is -1.58. The molecule has 29 heavy (non-hydrogen) atoms. The van der Waals surface area contributed by atoms with E-state index in [0.717, 1.165) is 0 Å². The maximum absolute atomic E-state index is 12.5. The Balaban J connectivity index is 1.82. The number of nitrogens with zero attached hydrogens (tertiary/aromatic N) is 1. The first-order valence-electron chi connectivity index (χ1n) is 9.09. The van der Waals surface area contributed by atoms with Crippen molar-refractivity contribution in [1.82, 2.24) is 4.98 Å². The van der Waals surface area contributed by atoms with Crippen LogP contribution in [0.4, 0.5) is 0 Å². The Bertz CT molecular complexity index is 841. The molecule has 1 aromatic carbocycles. The van der Waals surface area contributed by atoms with Crippen LogP contribution in [0.25, 0.3) is 0 Å². The summed E-state index contributed by atoms with van der Waals surface area (Å²) in [6, 6.07) is 2.75. The van der Waals surface area contributed by atoms with E-state index in [9.17, 15) is 30.3 Å². The maximum Gasteiger partial charge on any atom is 0.229 e. The average molecular weight is 425 g/mol. The van der Waals surface area contributed by atoms with Gasteiger partial charge in [0.25, 0.3) is 0 Å². The van der Waals surface area contributed by atoms with Gasteiger partial charge in [-0.15, -0.1) is 11.3 Å². The molecular weight excluding hydrogens is 402 g/mol. The van der Waals surface area contributed by atoms with Gasteiger partial charge in [-0.2, -0.15) is 0 Å². The van der Waals surface area contributed by atoms with Crippen molar-refractivity contribution in [1.29, 1.82) is 0 Å². The van der Waals surface area contributed by atoms with Gasteiger partial charge in [-0.1, -0.05) is 6.92 Å². The molecule has 5 N–H and O–H groups in total. The van der Waals surface area contributed by atoms with Crippen LogP contribution < -0.4 is 4.74 Å². The molecule has 10 heteroatoms. The number of aliphatic hydroxyl groups is 4. The number of carbonyl (C=O) groups is 1. The molecule has 3 rings (SSSR count). The van der Waals surface area contributed by atoms with Crippen molar-refractivity contribution in [3.05, 3.63) is 39.8 Å². The van der Waals surface area contributed by atoms with Crippen molar-refractivity contribution in [2.24, 2.45) is 0 Å². The molecule has 0 bridgehead atoms. The smallest absolute Gasteiger partial charge is 0.229 e. The van der Waals surface area contributed by atoms with E-state index in [0.29, 0.717) is 17.7 Å². The van der Waals surface area contributed by atoms with Gasteiger partial charge in [-0.05, 0) is 18.1 Å². The van der Waals surface area contributed by atoms with E-state index in [1.165, 1.54) is 23.5 Å². The van der Waals surface area contributed by atoms with Crippen LogP contribution in [0.1, 0.15) is 28.5 Å². The third-order valence-electron chi connectivity index (χ3n) is 4.78. The van der Waals surface area contributed by atoms with Gasteiger partial charge in [-0.3, -0.25) is 4.79 Å². The van der Waals surface area contributed by atoms with Gasteiger partial charge in [0.2, 0.25) is 6.29 Å². The normalized spacial score (nSPS) is 27.0. The van der Waals surface area contributed by atoms with E-state index in [-0.39, 0.29) is 29.3 Å². The SMILES string of the molecule is CCc1cc(C(=O)Cc2cscn2)c(O)cc1O[C@H]1O[C@H](CO)[C@@H](O)[C@H](O)[C@H]1O. The number of aromatic hydroxyl groups is 1. The maximum atomic E-state index is 12.5. The lowest BCUT2D eigenvalue weighted by Gasteiger charge is -2.39. The van der Waals surface area contributed by atoms with Gasteiger partial charge >= 0.3 is 0 Å². The van der Waals surface area contributed by atoms with Crippen LogP contribution in [-0.4, -0.2) is 73.6 Å². The number of thiazole rings is 1. The summed E-state index contributed by atoms with van der Waals surface area (Å²) in [4.78, 5) is 16.6. The minimum absolute atomic E-state index is 0.0487. The lowest BCUT2D eigenvalue weighted by Crippen LogP contribution is -2.60. The molecule has 0 amide bonds. The van der Waals surface area contributed by atoms with Crippen molar-refractivity contribution >= 4 is 17.1 Å². The van der Waals surface area contributed by atoms with Crippen LogP contribution in [0.3, 0.4) is 0 Å². The van der Waals surface area contributed by atoms with E-state index in [1.807, 2.05) is 6.92 Å². The van der Waals surface area contributed by atoms with Gasteiger partial charge in [-0.25, -0.2) is 4.98 Å². The lowest BCUT2D eigenvalue weighted by atomic mass is 9.99. The Kier molecular flexibility index (Phi) is 6.83. The summed E-state index contributed by atoms with van der Waals surface area (Å²) in [5.41, 5.74) is 2.92. The molecule has 0 unspecified atom stereocenters. The van der Waals surface area contributed by atoms with Gasteiger partial charge < -0.3 is 35.0 Å². The van der Waals surface area contributed by atoms with Crippen LogP contribution in [0, 0.1) is 0 Å². The predicted octanol–water partition coefficient (Wildman–Crippen LogP) is 0.0152. The molecule has 5 atom stereocenters. The number of aryl methyl sites for hydroxylation is 1.